The van der Waals surface area contributed by atoms with Crippen molar-refractivity contribution in [1.29, 1.82) is 5.26 Å². The molecule has 6 nitrogen and oxygen atoms in total. The third-order valence-electron chi connectivity index (χ3n) is 4.78. The number of nitriles is 1. The molecule has 2 aliphatic rings. The fraction of sp³-hybridized carbons (Fsp3) is 0.444. The van der Waals surface area contributed by atoms with E-state index in [0.717, 1.165) is 37.1 Å². The van der Waals surface area contributed by atoms with E-state index < -0.39 is 5.97 Å². The van der Waals surface area contributed by atoms with Crippen molar-refractivity contribution in [2.24, 2.45) is 5.41 Å². The minimum Gasteiger partial charge on any atom is -0.460 e. The topological polar surface area (TPSA) is 80.8 Å². The van der Waals surface area contributed by atoms with Crippen LogP contribution in [0, 0.1) is 16.7 Å². The Bertz CT molecular complexity index is 798. The SMILES string of the molecule is N#CCC1(COC(=O)c2nnn(-c3ccccc3)c2C2CC2)CC1. The lowest BCUT2D eigenvalue weighted by atomic mass is 10.1. The Balaban J connectivity index is 1.56. The molecule has 0 radical (unpaired) electrons. The highest BCUT2D eigenvalue weighted by atomic mass is 16.5. The van der Waals surface area contributed by atoms with Crippen LogP contribution in [0.2, 0.25) is 0 Å². The van der Waals surface area contributed by atoms with Crippen LogP contribution in [0.15, 0.2) is 30.3 Å². The molecule has 6 heteroatoms. The smallest absolute Gasteiger partial charge is 0.360 e. The van der Waals surface area contributed by atoms with Crippen molar-refractivity contribution < 1.29 is 9.53 Å². The van der Waals surface area contributed by atoms with E-state index in [1.807, 2.05) is 30.3 Å². The van der Waals surface area contributed by atoms with E-state index in [0.29, 0.717) is 24.6 Å². The molecule has 122 valence electrons. The summed E-state index contributed by atoms with van der Waals surface area (Å²) in [6.45, 7) is 0.293. The van der Waals surface area contributed by atoms with E-state index >= 15 is 0 Å². The molecule has 0 amide bonds. The fourth-order valence-electron chi connectivity index (χ4n) is 2.92. The van der Waals surface area contributed by atoms with Gasteiger partial charge in [0.05, 0.1) is 24.1 Å². The van der Waals surface area contributed by atoms with Crippen LogP contribution in [0.25, 0.3) is 5.69 Å². The van der Waals surface area contributed by atoms with E-state index in [1.165, 1.54) is 0 Å². The summed E-state index contributed by atoms with van der Waals surface area (Å²) >= 11 is 0. The van der Waals surface area contributed by atoms with Crippen molar-refractivity contribution in [3.8, 4) is 11.8 Å². The van der Waals surface area contributed by atoms with E-state index in [4.69, 9.17) is 10.00 Å². The Hall–Kier alpha value is -2.68. The lowest BCUT2D eigenvalue weighted by molar-refractivity contribution is 0.0411. The van der Waals surface area contributed by atoms with Gasteiger partial charge in [0.25, 0.3) is 0 Å². The van der Waals surface area contributed by atoms with Gasteiger partial charge in [-0.05, 0) is 37.8 Å². The van der Waals surface area contributed by atoms with Crippen LogP contribution in [0.4, 0.5) is 0 Å². The highest BCUT2D eigenvalue weighted by molar-refractivity contribution is 5.89. The predicted octanol–water partition coefficient (Wildman–Crippen LogP) is 3.00. The maximum absolute atomic E-state index is 12.5. The van der Waals surface area contributed by atoms with Gasteiger partial charge in [-0.15, -0.1) is 5.10 Å². The van der Waals surface area contributed by atoms with E-state index in [-0.39, 0.29) is 5.41 Å². The number of hydrogen-bond acceptors (Lipinski definition) is 5. The third-order valence-corrected chi connectivity index (χ3v) is 4.78. The lowest BCUT2D eigenvalue weighted by Gasteiger charge is -2.11. The van der Waals surface area contributed by atoms with Crippen LogP contribution < -0.4 is 0 Å². The molecule has 4 rings (SSSR count). The van der Waals surface area contributed by atoms with Crippen molar-refractivity contribution in [2.45, 2.75) is 38.0 Å². The minimum atomic E-state index is -0.428. The number of ether oxygens (including phenoxy) is 1. The third kappa shape index (κ3) is 2.78. The first-order valence-corrected chi connectivity index (χ1v) is 8.27. The number of carbonyl (C=O) groups is 1. The first-order chi connectivity index (χ1) is 11.7. The molecule has 1 aromatic carbocycles. The summed E-state index contributed by atoms with van der Waals surface area (Å²) in [7, 11) is 0. The quantitative estimate of drug-likeness (QED) is 0.764. The van der Waals surface area contributed by atoms with Crippen LogP contribution in [0.5, 0.6) is 0 Å². The minimum absolute atomic E-state index is 0.125. The number of para-hydroxylation sites is 1. The Morgan fingerprint density at radius 1 is 1.33 bits per heavy atom. The molecule has 0 unspecified atom stereocenters. The van der Waals surface area contributed by atoms with Gasteiger partial charge in [-0.2, -0.15) is 5.26 Å². The summed E-state index contributed by atoms with van der Waals surface area (Å²) < 4.78 is 7.22. The molecule has 2 fully saturated rings. The van der Waals surface area contributed by atoms with Crippen LogP contribution >= 0.6 is 0 Å². The molecule has 2 aliphatic carbocycles. The lowest BCUT2D eigenvalue weighted by Crippen LogP contribution is -2.16. The molecule has 1 heterocycles. The van der Waals surface area contributed by atoms with Crippen molar-refractivity contribution in [2.75, 3.05) is 6.61 Å². The van der Waals surface area contributed by atoms with E-state index in [1.54, 1.807) is 4.68 Å². The van der Waals surface area contributed by atoms with E-state index in [2.05, 4.69) is 16.4 Å². The van der Waals surface area contributed by atoms with Crippen molar-refractivity contribution >= 4 is 5.97 Å². The summed E-state index contributed by atoms with van der Waals surface area (Å²) in [5.41, 5.74) is 1.93. The first kappa shape index (κ1) is 14.9. The van der Waals surface area contributed by atoms with Crippen LogP contribution in [-0.2, 0) is 4.74 Å². The highest BCUT2D eigenvalue weighted by Crippen LogP contribution is 2.49. The zero-order valence-corrected chi connectivity index (χ0v) is 13.3. The summed E-state index contributed by atoms with van der Waals surface area (Å²) in [5.74, 6) is -0.111. The number of carbonyl (C=O) groups excluding carboxylic acids is 1. The second-order valence-electron chi connectivity index (χ2n) is 6.76. The summed E-state index contributed by atoms with van der Waals surface area (Å²) in [6.07, 6.45) is 4.41. The molecule has 0 bridgehead atoms. The van der Waals surface area contributed by atoms with Gasteiger partial charge in [0.2, 0.25) is 0 Å². The predicted molar refractivity (Wildman–Crippen MR) is 85.5 cm³/mol. The highest BCUT2D eigenvalue weighted by Gasteiger charge is 2.44. The van der Waals surface area contributed by atoms with Gasteiger partial charge in [-0.3, -0.25) is 0 Å². The summed E-state index contributed by atoms with van der Waals surface area (Å²) in [5, 5.41) is 17.1. The van der Waals surface area contributed by atoms with Crippen molar-refractivity contribution in [1.82, 2.24) is 15.0 Å². The number of rotatable bonds is 6. The zero-order chi connectivity index (χ0) is 16.6. The first-order valence-electron chi connectivity index (χ1n) is 8.27. The number of benzene rings is 1. The molecule has 0 saturated heterocycles. The maximum atomic E-state index is 12.5. The van der Waals surface area contributed by atoms with Gasteiger partial charge in [0.1, 0.15) is 0 Å². The molecule has 2 aromatic rings. The number of aromatic nitrogens is 3. The zero-order valence-electron chi connectivity index (χ0n) is 13.3. The normalized spacial score (nSPS) is 18.0. The second kappa shape index (κ2) is 5.75. The Morgan fingerprint density at radius 3 is 2.71 bits per heavy atom. The van der Waals surface area contributed by atoms with Crippen LogP contribution in [0.3, 0.4) is 0 Å². The number of esters is 1. The molecule has 0 N–H and O–H groups in total. The average Bonchev–Trinajstić information content (AvgIpc) is 3.54. The van der Waals surface area contributed by atoms with Crippen LogP contribution in [0.1, 0.15) is 54.2 Å². The molecule has 24 heavy (non-hydrogen) atoms. The largest absolute Gasteiger partial charge is 0.460 e. The molecular weight excluding hydrogens is 304 g/mol. The second-order valence-corrected chi connectivity index (χ2v) is 6.76. The Kier molecular flexibility index (Phi) is 3.57. The molecule has 2 saturated carbocycles. The van der Waals surface area contributed by atoms with Gasteiger partial charge in [-0.1, -0.05) is 23.4 Å². The average molecular weight is 322 g/mol. The monoisotopic (exact) mass is 322 g/mol. The maximum Gasteiger partial charge on any atom is 0.360 e. The standard InChI is InChI=1S/C18H18N4O2/c19-11-10-18(8-9-18)12-24-17(23)15-16(13-6-7-13)22(21-20-15)14-4-2-1-3-5-14/h1-5,13H,6-10,12H2. The molecule has 0 spiro atoms. The van der Waals surface area contributed by atoms with Crippen molar-refractivity contribution in [3.05, 3.63) is 41.7 Å². The van der Waals surface area contributed by atoms with Crippen LogP contribution in [-0.4, -0.2) is 27.6 Å². The van der Waals surface area contributed by atoms with Gasteiger partial charge in [-0.25, -0.2) is 9.48 Å². The van der Waals surface area contributed by atoms with Gasteiger partial charge < -0.3 is 4.74 Å². The summed E-state index contributed by atoms with van der Waals surface area (Å²) in [6, 6.07) is 11.9. The molecule has 0 atom stereocenters. The molecule has 0 aliphatic heterocycles. The summed E-state index contributed by atoms with van der Waals surface area (Å²) in [4.78, 5) is 12.5. The number of nitrogens with zero attached hydrogens (tertiary/aromatic N) is 4. The Morgan fingerprint density at radius 2 is 2.08 bits per heavy atom. The fourth-order valence-corrected chi connectivity index (χ4v) is 2.92. The van der Waals surface area contributed by atoms with Crippen molar-refractivity contribution in [3.63, 3.8) is 0 Å². The Labute approximate surface area is 140 Å². The van der Waals surface area contributed by atoms with E-state index in [9.17, 15) is 4.79 Å². The van der Waals surface area contributed by atoms with Gasteiger partial charge in [0, 0.05) is 17.8 Å². The van der Waals surface area contributed by atoms with Gasteiger partial charge in [0.15, 0.2) is 5.69 Å². The molecule has 1 aromatic heterocycles. The molecular formula is C18H18N4O2. The van der Waals surface area contributed by atoms with Gasteiger partial charge >= 0.3 is 5.97 Å². The number of hydrogen-bond donors (Lipinski definition) is 0.